The molecule has 2 N–H and O–H groups in total. The number of rotatable bonds is 10. The van der Waals surface area contributed by atoms with Crippen molar-refractivity contribution in [1.29, 1.82) is 0 Å². The molecule has 0 aliphatic heterocycles. The van der Waals surface area contributed by atoms with Crippen LogP contribution < -0.4 is 9.86 Å². The normalized spacial score (nSPS) is 13.9. The number of hydrogen-bond donors (Lipinski definition) is 1. The minimum Gasteiger partial charge on any atom is -0.198 e. The van der Waals surface area contributed by atoms with E-state index in [1.54, 1.807) is 0 Å². The molecule has 1 unspecified atom stereocenters. The summed E-state index contributed by atoms with van der Waals surface area (Å²) in [5.74, 6) is 0. The summed E-state index contributed by atoms with van der Waals surface area (Å²) in [6.45, 7) is 4.01. The lowest BCUT2D eigenvalue weighted by atomic mass is 10.1. The van der Waals surface area contributed by atoms with E-state index in [1.807, 2.05) is 6.92 Å². The van der Waals surface area contributed by atoms with Gasteiger partial charge < -0.3 is 0 Å². The maximum Gasteiger partial charge on any atom is 0.290 e. The van der Waals surface area contributed by atoms with Crippen molar-refractivity contribution in [2.24, 2.45) is 0 Å². The van der Waals surface area contributed by atoms with Crippen molar-refractivity contribution >= 4 is 10.2 Å². The van der Waals surface area contributed by atoms with E-state index in [1.165, 1.54) is 32.1 Å². The number of nitrogens with one attached hydrogen (secondary N) is 2. The van der Waals surface area contributed by atoms with E-state index < -0.39 is 10.2 Å². The van der Waals surface area contributed by atoms with Gasteiger partial charge in [-0.15, -0.1) is 5.14 Å². The summed E-state index contributed by atoms with van der Waals surface area (Å²) >= 11 is 0. The Kier molecular flexibility index (Phi) is 8.89. The lowest BCUT2D eigenvalue weighted by molar-refractivity contribution is 0.513. The van der Waals surface area contributed by atoms with Crippen LogP contribution in [0.2, 0.25) is 0 Å². The molecule has 16 heavy (non-hydrogen) atoms. The summed E-state index contributed by atoms with van der Waals surface area (Å²) in [6, 6.07) is -0.113. The van der Waals surface area contributed by atoms with Crippen LogP contribution in [0.3, 0.4) is 0 Å². The van der Waals surface area contributed by atoms with E-state index in [0.29, 0.717) is 0 Å². The Labute approximate surface area is 100 Å². The summed E-state index contributed by atoms with van der Waals surface area (Å²) in [7, 11) is -3.78. The molecule has 0 spiro atoms. The zero-order valence-corrected chi connectivity index (χ0v) is 11.3. The minimum absolute atomic E-state index is 0.113. The van der Waals surface area contributed by atoms with Crippen LogP contribution in [0.25, 0.3) is 0 Å². The second kappa shape index (κ2) is 8.96. The molecule has 1 atom stereocenters. The molecule has 1 radical (unpaired) electrons. The van der Waals surface area contributed by atoms with E-state index in [9.17, 15) is 8.42 Å². The summed E-state index contributed by atoms with van der Waals surface area (Å²) in [5, 5.41) is 6.72. The molecule has 0 aliphatic carbocycles. The van der Waals surface area contributed by atoms with E-state index in [2.05, 4.69) is 11.6 Å². The highest BCUT2D eigenvalue weighted by molar-refractivity contribution is 7.86. The van der Waals surface area contributed by atoms with Crippen LogP contribution in [-0.4, -0.2) is 14.5 Å². The molecule has 5 heteroatoms. The van der Waals surface area contributed by atoms with Gasteiger partial charge in [-0.2, -0.15) is 13.1 Å². The first kappa shape index (κ1) is 15.9. The van der Waals surface area contributed by atoms with Gasteiger partial charge in [-0.1, -0.05) is 51.9 Å². The molecule has 0 saturated heterocycles. The molecule has 97 valence electrons. The van der Waals surface area contributed by atoms with Crippen molar-refractivity contribution in [2.75, 3.05) is 0 Å². The molecule has 0 aromatic carbocycles. The zero-order chi connectivity index (χ0) is 12.4. The molecule has 0 bridgehead atoms. The van der Waals surface area contributed by atoms with Gasteiger partial charge in [0.05, 0.1) is 0 Å². The van der Waals surface area contributed by atoms with Crippen LogP contribution in [0, 0.1) is 0 Å². The highest BCUT2D eigenvalue weighted by Crippen LogP contribution is 2.09. The van der Waals surface area contributed by atoms with Crippen LogP contribution in [0.15, 0.2) is 0 Å². The zero-order valence-electron chi connectivity index (χ0n) is 10.5. The molecule has 0 aliphatic rings. The monoisotopic (exact) mass is 249 g/mol. The van der Waals surface area contributed by atoms with Gasteiger partial charge in [-0.25, -0.2) is 0 Å². The largest absolute Gasteiger partial charge is 0.290 e. The Hall–Kier alpha value is -0.130. The first-order valence-electron chi connectivity index (χ1n) is 6.22. The molecule has 0 aromatic heterocycles. The van der Waals surface area contributed by atoms with Crippen molar-refractivity contribution in [3.63, 3.8) is 0 Å². The topological polar surface area (TPSA) is 70.0 Å². The van der Waals surface area contributed by atoms with Crippen LogP contribution >= 0.6 is 0 Å². The van der Waals surface area contributed by atoms with Crippen molar-refractivity contribution in [2.45, 2.75) is 71.3 Å². The Balaban J connectivity index is 3.31. The molecule has 4 nitrogen and oxygen atoms in total. The molecule has 0 saturated carbocycles. The molecule has 0 heterocycles. The Bertz CT molecular complexity index is 253. The van der Waals surface area contributed by atoms with Gasteiger partial charge in [-0.05, 0) is 13.3 Å². The molecular weight excluding hydrogens is 224 g/mol. The van der Waals surface area contributed by atoms with Gasteiger partial charge in [0.25, 0.3) is 10.2 Å². The third-order valence-corrected chi connectivity index (χ3v) is 3.31. The molecular formula is C11H25N2O2S. The predicted octanol–water partition coefficient (Wildman–Crippen LogP) is 2.63. The average molecular weight is 249 g/mol. The predicted molar refractivity (Wildman–Crippen MR) is 67.2 cm³/mol. The van der Waals surface area contributed by atoms with Crippen LogP contribution in [0.4, 0.5) is 0 Å². The van der Waals surface area contributed by atoms with Gasteiger partial charge >= 0.3 is 0 Å². The summed E-state index contributed by atoms with van der Waals surface area (Å²) in [4.78, 5) is 0. The first-order valence-corrected chi connectivity index (χ1v) is 7.71. The third kappa shape index (κ3) is 11.9. The van der Waals surface area contributed by atoms with Gasteiger partial charge in [0, 0.05) is 6.04 Å². The van der Waals surface area contributed by atoms with Gasteiger partial charge in [-0.3, -0.25) is 0 Å². The lowest BCUT2D eigenvalue weighted by Gasteiger charge is -2.10. The van der Waals surface area contributed by atoms with Crippen molar-refractivity contribution in [1.82, 2.24) is 9.86 Å². The smallest absolute Gasteiger partial charge is 0.198 e. The standard InChI is InChI=1S/C11H25N2O2S/c1-3-4-5-6-7-8-9-10-11(2)13-16(12,14)15/h11-13H,3-10H2,1-2H3. The maximum absolute atomic E-state index is 10.6. The average Bonchev–Trinajstić information content (AvgIpc) is 2.13. The summed E-state index contributed by atoms with van der Waals surface area (Å²) < 4.78 is 23.5. The van der Waals surface area contributed by atoms with E-state index in [-0.39, 0.29) is 6.04 Å². The van der Waals surface area contributed by atoms with Crippen LogP contribution in [0.1, 0.15) is 65.2 Å². The number of unbranched alkanes of at least 4 members (excludes halogenated alkanes) is 6. The highest BCUT2D eigenvalue weighted by atomic mass is 32.2. The van der Waals surface area contributed by atoms with Crippen LogP contribution in [-0.2, 0) is 10.2 Å². The Morgan fingerprint density at radius 2 is 1.56 bits per heavy atom. The van der Waals surface area contributed by atoms with E-state index in [0.717, 1.165) is 19.3 Å². The van der Waals surface area contributed by atoms with Crippen molar-refractivity contribution in [3.05, 3.63) is 0 Å². The third-order valence-electron chi connectivity index (χ3n) is 2.60. The number of hydrogen-bond acceptors (Lipinski definition) is 2. The Morgan fingerprint density at radius 3 is 2.06 bits per heavy atom. The minimum atomic E-state index is -3.78. The molecule has 0 fully saturated rings. The fourth-order valence-electron chi connectivity index (χ4n) is 1.73. The highest BCUT2D eigenvalue weighted by Gasteiger charge is 2.08. The summed E-state index contributed by atoms with van der Waals surface area (Å²) in [6.07, 6.45) is 9.44. The van der Waals surface area contributed by atoms with E-state index >= 15 is 0 Å². The fourth-order valence-corrected chi connectivity index (χ4v) is 2.38. The molecule has 0 aromatic rings. The molecule has 0 amide bonds. The van der Waals surface area contributed by atoms with Gasteiger partial charge in [0.15, 0.2) is 0 Å². The second-order valence-electron chi connectivity index (χ2n) is 4.43. The second-order valence-corrected chi connectivity index (χ2v) is 5.67. The lowest BCUT2D eigenvalue weighted by Crippen LogP contribution is -2.32. The van der Waals surface area contributed by atoms with Gasteiger partial charge in [0.1, 0.15) is 0 Å². The fraction of sp³-hybridized carbons (Fsp3) is 1.00. The SMILES string of the molecule is CCCCCCCCCC(C)NS([NH])(=O)=O. The maximum atomic E-state index is 10.6. The van der Waals surface area contributed by atoms with Gasteiger partial charge in [0.2, 0.25) is 0 Å². The quantitative estimate of drug-likeness (QED) is 0.605. The first-order chi connectivity index (χ1) is 7.45. The summed E-state index contributed by atoms with van der Waals surface area (Å²) in [5.41, 5.74) is 0. The molecule has 0 rings (SSSR count). The van der Waals surface area contributed by atoms with E-state index in [4.69, 9.17) is 5.14 Å². The van der Waals surface area contributed by atoms with Crippen LogP contribution in [0.5, 0.6) is 0 Å². The van der Waals surface area contributed by atoms with Crippen molar-refractivity contribution < 1.29 is 8.42 Å². The van der Waals surface area contributed by atoms with Crippen molar-refractivity contribution in [3.8, 4) is 0 Å². The Morgan fingerprint density at radius 1 is 1.06 bits per heavy atom.